The average molecular weight is 381 g/mol. The molecule has 6 heteroatoms. The summed E-state index contributed by atoms with van der Waals surface area (Å²) in [5, 5.41) is 13.0. The third-order valence-electron chi connectivity index (χ3n) is 3.94. The van der Waals surface area contributed by atoms with Gasteiger partial charge in [0.05, 0.1) is 0 Å². The number of H-pyrrole nitrogens is 1. The first-order valence-electron chi connectivity index (χ1n) is 7.71. The Morgan fingerprint density at radius 1 is 1.39 bits per heavy atom. The van der Waals surface area contributed by atoms with Crippen LogP contribution in [0.3, 0.4) is 0 Å². The van der Waals surface area contributed by atoms with E-state index < -0.39 is 12.0 Å². The highest BCUT2D eigenvalue weighted by Crippen LogP contribution is 2.27. The van der Waals surface area contributed by atoms with Crippen molar-refractivity contribution in [2.75, 3.05) is 0 Å². The molecule has 2 atom stereocenters. The number of aromatic amines is 1. The maximum atomic E-state index is 12.1. The predicted molar refractivity (Wildman–Crippen MR) is 93.3 cm³/mol. The number of carbonyl (C=O) groups excluding carboxylic acids is 1. The average Bonchev–Trinajstić information content (AvgIpc) is 2.91. The lowest BCUT2D eigenvalue weighted by Gasteiger charge is -2.17. The fraction of sp³-hybridized carbons (Fsp3) is 0.412. The van der Waals surface area contributed by atoms with E-state index >= 15 is 0 Å². The quantitative estimate of drug-likeness (QED) is 0.687. The molecule has 3 N–H and O–H groups in total. The van der Waals surface area contributed by atoms with Crippen LogP contribution in [-0.2, 0) is 16.0 Å². The molecule has 0 radical (unpaired) electrons. The van der Waals surface area contributed by atoms with Gasteiger partial charge in [0.1, 0.15) is 6.04 Å². The molecular formula is C17H21BrN2O3. The number of carbonyl (C=O) groups is 2. The standard InChI is InChI=1S/C17H21BrN2O3/c1-3-5-10(2)16(21)20-14(17(22)23)8-11-9-19-13-7-4-6-12(18)15(11)13/h4,6-7,9-10,14,19H,3,5,8H2,1-2H3,(H,20,21)(H,22,23). The van der Waals surface area contributed by atoms with E-state index in [-0.39, 0.29) is 18.2 Å². The molecule has 0 aliphatic rings. The number of aromatic nitrogens is 1. The van der Waals surface area contributed by atoms with Crippen LogP contribution in [-0.4, -0.2) is 28.0 Å². The lowest BCUT2D eigenvalue weighted by Crippen LogP contribution is -2.44. The van der Waals surface area contributed by atoms with Crippen LogP contribution in [0.2, 0.25) is 0 Å². The maximum Gasteiger partial charge on any atom is 0.326 e. The molecule has 0 aliphatic heterocycles. The first-order valence-corrected chi connectivity index (χ1v) is 8.51. The number of amides is 1. The fourth-order valence-electron chi connectivity index (χ4n) is 2.67. The zero-order valence-corrected chi connectivity index (χ0v) is 14.8. The van der Waals surface area contributed by atoms with Gasteiger partial charge in [0.2, 0.25) is 5.91 Å². The number of fused-ring (bicyclic) bond motifs is 1. The summed E-state index contributed by atoms with van der Waals surface area (Å²) in [6, 6.07) is 4.82. The summed E-state index contributed by atoms with van der Waals surface area (Å²) in [6.45, 7) is 3.82. The van der Waals surface area contributed by atoms with Crippen molar-refractivity contribution in [2.45, 2.75) is 39.2 Å². The van der Waals surface area contributed by atoms with Crippen LogP contribution in [0.4, 0.5) is 0 Å². The van der Waals surface area contributed by atoms with Crippen molar-refractivity contribution >= 4 is 38.7 Å². The van der Waals surface area contributed by atoms with Crippen molar-refractivity contribution in [1.82, 2.24) is 10.3 Å². The van der Waals surface area contributed by atoms with E-state index in [9.17, 15) is 14.7 Å². The molecular weight excluding hydrogens is 360 g/mol. The minimum atomic E-state index is -1.02. The number of carboxylic acid groups (broad SMARTS) is 1. The molecule has 0 bridgehead atoms. The first kappa shape index (κ1) is 17.5. The molecule has 1 amide bonds. The van der Waals surface area contributed by atoms with Crippen molar-refractivity contribution in [3.05, 3.63) is 34.4 Å². The van der Waals surface area contributed by atoms with Gasteiger partial charge in [0.25, 0.3) is 0 Å². The number of halogens is 1. The third kappa shape index (κ3) is 4.13. The molecule has 0 saturated carbocycles. The van der Waals surface area contributed by atoms with E-state index in [1.807, 2.05) is 32.0 Å². The summed E-state index contributed by atoms with van der Waals surface area (Å²) in [7, 11) is 0. The van der Waals surface area contributed by atoms with E-state index in [0.29, 0.717) is 0 Å². The third-order valence-corrected chi connectivity index (χ3v) is 4.61. The molecule has 0 spiro atoms. The molecule has 124 valence electrons. The minimum Gasteiger partial charge on any atom is -0.480 e. The van der Waals surface area contributed by atoms with Gasteiger partial charge in [-0.2, -0.15) is 0 Å². The summed E-state index contributed by atoms with van der Waals surface area (Å²) in [5.41, 5.74) is 1.80. The molecule has 2 aromatic rings. The number of rotatable bonds is 7. The van der Waals surface area contributed by atoms with Gasteiger partial charge in [-0.25, -0.2) is 4.79 Å². The Morgan fingerprint density at radius 3 is 2.78 bits per heavy atom. The van der Waals surface area contributed by atoms with Crippen LogP contribution < -0.4 is 5.32 Å². The summed E-state index contributed by atoms with van der Waals surface area (Å²) in [6.07, 6.45) is 3.67. The van der Waals surface area contributed by atoms with E-state index in [4.69, 9.17) is 0 Å². The molecule has 1 aromatic heterocycles. The number of aliphatic carboxylic acids is 1. The summed E-state index contributed by atoms with van der Waals surface area (Å²) in [4.78, 5) is 26.8. The highest BCUT2D eigenvalue weighted by atomic mass is 79.9. The maximum absolute atomic E-state index is 12.1. The highest BCUT2D eigenvalue weighted by Gasteiger charge is 2.24. The molecule has 5 nitrogen and oxygen atoms in total. The lowest BCUT2D eigenvalue weighted by atomic mass is 10.0. The molecule has 1 heterocycles. The Morgan fingerprint density at radius 2 is 2.13 bits per heavy atom. The van der Waals surface area contributed by atoms with Crippen LogP contribution in [0.25, 0.3) is 10.9 Å². The van der Waals surface area contributed by atoms with Gasteiger partial charge in [-0.15, -0.1) is 0 Å². The number of carboxylic acids is 1. The largest absolute Gasteiger partial charge is 0.480 e. The van der Waals surface area contributed by atoms with Gasteiger partial charge >= 0.3 is 5.97 Å². The molecule has 0 saturated heterocycles. The van der Waals surface area contributed by atoms with Crippen LogP contribution in [0, 0.1) is 5.92 Å². The zero-order valence-electron chi connectivity index (χ0n) is 13.2. The van der Waals surface area contributed by atoms with Crippen molar-refractivity contribution in [3.63, 3.8) is 0 Å². The van der Waals surface area contributed by atoms with Gasteiger partial charge in [0, 0.05) is 33.9 Å². The number of hydrogen-bond acceptors (Lipinski definition) is 2. The molecule has 0 aliphatic carbocycles. The molecule has 23 heavy (non-hydrogen) atoms. The van der Waals surface area contributed by atoms with Crippen molar-refractivity contribution in [2.24, 2.45) is 5.92 Å². The van der Waals surface area contributed by atoms with Crippen molar-refractivity contribution in [1.29, 1.82) is 0 Å². The summed E-state index contributed by atoms with van der Waals surface area (Å²) >= 11 is 3.49. The lowest BCUT2D eigenvalue weighted by molar-refractivity contribution is -0.142. The zero-order chi connectivity index (χ0) is 17.0. The van der Waals surface area contributed by atoms with Gasteiger partial charge in [0.15, 0.2) is 0 Å². The smallest absolute Gasteiger partial charge is 0.326 e. The Bertz CT molecular complexity index is 711. The summed E-state index contributed by atoms with van der Waals surface area (Å²) in [5.74, 6) is -1.42. The Labute approximate surface area is 143 Å². The predicted octanol–water partition coefficient (Wildman–Crippen LogP) is 3.48. The van der Waals surface area contributed by atoms with Gasteiger partial charge in [-0.05, 0) is 24.1 Å². The van der Waals surface area contributed by atoms with E-state index in [1.54, 1.807) is 6.20 Å². The van der Waals surface area contributed by atoms with Crippen LogP contribution >= 0.6 is 15.9 Å². The molecule has 0 fully saturated rings. The Hall–Kier alpha value is -1.82. The second kappa shape index (κ2) is 7.64. The fourth-order valence-corrected chi connectivity index (χ4v) is 3.29. The highest BCUT2D eigenvalue weighted by molar-refractivity contribution is 9.10. The summed E-state index contributed by atoms with van der Waals surface area (Å²) < 4.78 is 0.904. The minimum absolute atomic E-state index is 0.184. The Balaban J connectivity index is 2.19. The number of benzene rings is 1. The van der Waals surface area contributed by atoms with Crippen LogP contribution in [0.1, 0.15) is 32.3 Å². The van der Waals surface area contributed by atoms with Gasteiger partial charge in [-0.1, -0.05) is 42.3 Å². The normalized spacial score (nSPS) is 13.7. The number of nitrogens with one attached hydrogen (secondary N) is 2. The van der Waals surface area contributed by atoms with Crippen LogP contribution in [0.5, 0.6) is 0 Å². The second-order valence-electron chi connectivity index (χ2n) is 5.77. The topological polar surface area (TPSA) is 82.2 Å². The SMILES string of the molecule is CCCC(C)C(=O)NC(Cc1c[nH]c2cccc(Br)c12)C(=O)O. The molecule has 2 rings (SSSR count). The van der Waals surface area contributed by atoms with E-state index in [0.717, 1.165) is 33.8 Å². The van der Waals surface area contributed by atoms with E-state index in [1.165, 1.54) is 0 Å². The Kier molecular flexibility index (Phi) is 5.82. The van der Waals surface area contributed by atoms with Gasteiger partial charge < -0.3 is 15.4 Å². The number of hydrogen-bond donors (Lipinski definition) is 3. The second-order valence-corrected chi connectivity index (χ2v) is 6.62. The molecule has 2 unspecified atom stereocenters. The van der Waals surface area contributed by atoms with Gasteiger partial charge in [-0.3, -0.25) is 4.79 Å². The molecule has 1 aromatic carbocycles. The van der Waals surface area contributed by atoms with E-state index in [2.05, 4.69) is 26.2 Å². The van der Waals surface area contributed by atoms with Crippen molar-refractivity contribution < 1.29 is 14.7 Å². The first-order chi connectivity index (χ1) is 10.9. The monoisotopic (exact) mass is 380 g/mol. The van der Waals surface area contributed by atoms with Crippen LogP contribution in [0.15, 0.2) is 28.9 Å². The van der Waals surface area contributed by atoms with Crippen molar-refractivity contribution in [3.8, 4) is 0 Å².